The average Bonchev–Trinajstić information content (AvgIpc) is 3.54. The van der Waals surface area contributed by atoms with E-state index in [0.717, 1.165) is 41.3 Å². The minimum atomic E-state index is -4.63. The number of carbonyl (C=O) groups excluding carboxylic acids is 1. The maximum Gasteiger partial charge on any atom is 0.416 e. The van der Waals surface area contributed by atoms with Crippen LogP contribution in [0.15, 0.2) is 45.7 Å². The highest BCUT2D eigenvalue weighted by Gasteiger charge is 2.31. The summed E-state index contributed by atoms with van der Waals surface area (Å²) < 4.78 is 46.0. The summed E-state index contributed by atoms with van der Waals surface area (Å²) in [4.78, 5) is 37.3. The topological polar surface area (TPSA) is 114 Å². The monoisotopic (exact) mass is 489 g/mol. The minimum Gasteiger partial charge on any atom is -0.481 e. The zero-order chi connectivity index (χ0) is 25.3. The summed E-state index contributed by atoms with van der Waals surface area (Å²) in [6, 6.07) is 7.18. The first-order valence-electron chi connectivity index (χ1n) is 10.9. The normalized spacial score (nSPS) is 13.6. The Balaban J connectivity index is 1.70. The van der Waals surface area contributed by atoms with Gasteiger partial charge in [0.15, 0.2) is 5.76 Å². The molecule has 1 aromatic carbocycles. The third-order valence-electron chi connectivity index (χ3n) is 5.83. The van der Waals surface area contributed by atoms with Crippen LogP contribution in [0.3, 0.4) is 0 Å². The standard InChI is InChI=1S/C24H22F3N3O5/c1-13-15(7-8-21(31)32)9-19(22(33)28-12-18-11-20(29-35-18)14-5-6-14)23(34)30(13)17-4-2-3-16(10-17)24(25,26)27/h2-4,9-11,14H,5-8,12H2,1H3,(H,28,33)(H,31,32). The fourth-order valence-corrected chi connectivity index (χ4v) is 3.79. The molecule has 11 heteroatoms. The van der Waals surface area contributed by atoms with Gasteiger partial charge in [0.1, 0.15) is 5.56 Å². The maximum absolute atomic E-state index is 13.3. The van der Waals surface area contributed by atoms with Crippen molar-refractivity contribution in [3.8, 4) is 5.69 Å². The van der Waals surface area contributed by atoms with E-state index in [9.17, 15) is 27.6 Å². The average molecular weight is 489 g/mol. The predicted molar refractivity (Wildman–Crippen MR) is 117 cm³/mol. The molecular formula is C24H22F3N3O5. The number of halogens is 3. The molecule has 0 spiro atoms. The quantitative estimate of drug-likeness (QED) is 0.495. The second-order valence-corrected chi connectivity index (χ2v) is 8.43. The Hall–Kier alpha value is -3.89. The van der Waals surface area contributed by atoms with Crippen LogP contribution in [0.2, 0.25) is 0 Å². The second kappa shape index (κ2) is 9.40. The highest BCUT2D eigenvalue weighted by Crippen LogP contribution is 2.39. The molecule has 2 heterocycles. The molecule has 4 rings (SSSR count). The molecule has 0 bridgehead atoms. The number of nitrogens with one attached hydrogen (secondary N) is 1. The molecule has 0 aliphatic heterocycles. The van der Waals surface area contributed by atoms with E-state index in [0.29, 0.717) is 17.2 Å². The van der Waals surface area contributed by atoms with Crippen LogP contribution < -0.4 is 10.9 Å². The molecule has 0 unspecified atom stereocenters. The Morgan fingerprint density at radius 2 is 1.97 bits per heavy atom. The van der Waals surface area contributed by atoms with Crippen LogP contribution in [0.5, 0.6) is 0 Å². The number of carboxylic acid groups (broad SMARTS) is 1. The molecule has 0 saturated heterocycles. The number of alkyl halides is 3. The first-order valence-corrected chi connectivity index (χ1v) is 10.9. The highest BCUT2D eigenvalue weighted by molar-refractivity contribution is 5.94. The summed E-state index contributed by atoms with van der Waals surface area (Å²) in [5.74, 6) is -1.10. The van der Waals surface area contributed by atoms with Gasteiger partial charge in [-0.15, -0.1) is 0 Å². The van der Waals surface area contributed by atoms with Crippen molar-refractivity contribution in [1.29, 1.82) is 0 Å². The van der Waals surface area contributed by atoms with E-state index < -0.39 is 29.2 Å². The summed E-state index contributed by atoms with van der Waals surface area (Å²) in [7, 11) is 0. The first kappa shape index (κ1) is 24.2. The largest absolute Gasteiger partial charge is 0.481 e. The number of hydrogen-bond donors (Lipinski definition) is 2. The summed E-state index contributed by atoms with van der Waals surface area (Å²) >= 11 is 0. The van der Waals surface area contributed by atoms with Crippen molar-refractivity contribution in [2.24, 2.45) is 0 Å². The molecule has 1 aliphatic rings. The van der Waals surface area contributed by atoms with Gasteiger partial charge in [-0.25, -0.2) is 0 Å². The van der Waals surface area contributed by atoms with Crippen molar-refractivity contribution in [2.75, 3.05) is 0 Å². The third kappa shape index (κ3) is 5.44. The number of aromatic nitrogens is 2. The second-order valence-electron chi connectivity index (χ2n) is 8.43. The molecule has 0 radical (unpaired) electrons. The molecule has 1 fully saturated rings. The van der Waals surface area contributed by atoms with Crippen molar-refractivity contribution in [1.82, 2.24) is 15.0 Å². The van der Waals surface area contributed by atoms with E-state index in [4.69, 9.17) is 9.63 Å². The molecular weight excluding hydrogens is 467 g/mol. The lowest BCUT2D eigenvalue weighted by molar-refractivity contribution is -0.138. The molecule has 3 aromatic rings. The van der Waals surface area contributed by atoms with Gasteiger partial charge in [0.25, 0.3) is 11.5 Å². The van der Waals surface area contributed by atoms with Gasteiger partial charge in [0, 0.05) is 29.8 Å². The number of nitrogens with zero attached hydrogens (tertiary/aromatic N) is 2. The van der Waals surface area contributed by atoms with Gasteiger partial charge in [-0.05, 0) is 56.0 Å². The Labute approximate surface area is 197 Å². The van der Waals surface area contributed by atoms with Gasteiger partial charge >= 0.3 is 12.1 Å². The van der Waals surface area contributed by atoms with E-state index in [1.54, 1.807) is 6.07 Å². The maximum atomic E-state index is 13.3. The van der Waals surface area contributed by atoms with E-state index in [1.165, 1.54) is 19.1 Å². The zero-order valence-electron chi connectivity index (χ0n) is 18.7. The number of hydrogen-bond acceptors (Lipinski definition) is 5. The fourth-order valence-electron chi connectivity index (χ4n) is 3.79. The number of benzene rings is 1. The number of carboxylic acids is 1. The van der Waals surface area contributed by atoms with E-state index in [1.807, 2.05) is 0 Å². The van der Waals surface area contributed by atoms with E-state index in [2.05, 4.69) is 10.5 Å². The van der Waals surface area contributed by atoms with Gasteiger partial charge in [-0.1, -0.05) is 11.2 Å². The summed E-state index contributed by atoms with van der Waals surface area (Å²) in [6.07, 6.45) is -2.89. The lowest BCUT2D eigenvalue weighted by Gasteiger charge is -2.17. The van der Waals surface area contributed by atoms with Crippen LogP contribution in [0, 0.1) is 6.92 Å². The number of aryl methyl sites for hydroxylation is 1. The van der Waals surface area contributed by atoms with Gasteiger partial charge in [0.05, 0.1) is 17.8 Å². The van der Waals surface area contributed by atoms with Crippen molar-refractivity contribution < 1.29 is 32.4 Å². The lowest BCUT2D eigenvalue weighted by atomic mass is 10.0. The smallest absolute Gasteiger partial charge is 0.416 e. The van der Waals surface area contributed by atoms with Crippen LogP contribution in [-0.2, 0) is 23.9 Å². The van der Waals surface area contributed by atoms with E-state index >= 15 is 0 Å². The minimum absolute atomic E-state index is 0.0203. The highest BCUT2D eigenvalue weighted by atomic mass is 19.4. The van der Waals surface area contributed by atoms with Crippen molar-refractivity contribution in [2.45, 2.75) is 51.2 Å². The number of amides is 1. The SMILES string of the molecule is Cc1c(CCC(=O)O)cc(C(=O)NCc2cc(C3CC3)no2)c(=O)n1-c1cccc(C(F)(F)F)c1. The van der Waals surface area contributed by atoms with Crippen LogP contribution in [0.4, 0.5) is 13.2 Å². The number of aliphatic carboxylic acids is 1. The van der Waals surface area contributed by atoms with Crippen molar-refractivity contribution in [3.63, 3.8) is 0 Å². The fraction of sp³-hybridized carbons (Fsp3) is 0.333. The molecule has 0 atom stereocenters. The van der Waals surface area contributed by atoms with Crippen LogP contribution in [0.1, 0.15) is 63.8 Å². The molecule has 8 nitrogen and oxygen atoms in total. The van der Waals surface area contributed by atoms with Crippen molar-refractivity contribution >= 4 is 11.9 Å². The van der Waals surface area contributed by atoms with Gasteiger partial charge in [-0.3, -0.25) is 19.0 Å². The Morgan fingerprint density at radius 1 is 1.23 bits per heavy atom. The molecule has 35 heavy (non-hydrogen) atoms. The van der Waals surface area contributed by atoms with Crippen LogP contribution in [0.25, 0.3) is 5.69 Å². The lowest BCUT2D eigenvalue weighted by Crippen LogP contribution is -2.34. The summed E-state index contributed by atoms with van der Waals surface area (Å²) in [5.41, 5.74) is -0.794. The molecule has 2 aromatic heterocycles. The zero-order valence-corrected chi connectivity index (χ0v) is 18.7. The van der Waals surface area contributed by atoms with Gasteiger partial charge in [0.2, 0.25) is 0 Å². The number of rotatable bonds is 8. The van der Waals surface area contributed by atoms with Gasteiger partial charge < -0.3 is 14.9 Å². The van der Waals surface area contributed by atoms with Gasteiger partial charge in [-0.2, -0.15) is 13.2 Å². The Morgan fingerprint density at radius 3 is 2.63 bits per heavy atom. The number of carbonyl (C=O) groups is 2. The molecule has 1 amide bonds. The van der Waals surface area contributed by atoms with Crippen molar-refractivity contribution in [3.05, 3.63) is 80.6 Å². The predicted octanol–water partition coefficient (Wildman–Crippen LogP) is 3.98. The third-order valence-corrected chi connectivity index (χ3v) is 5.83. The first-order chi connectivity index (χ1) is 16.5. The Kier molecular flexibility index (Phi) is 6.51. The number of pyridine rings is 1. The molecule has 2 N–H and O–H groups in total. The van der Waals surface area contributed by atoms with E-state index in [-0.39, 0.29) is 36.3 Å². The van der Waals surface area contributed by atoms with Crippen LogP contribution in [-0.4, -0.2) is 26.7 Å². The Bertz CT molecular complexity index is 1340. The van der Waals surface area contributed by atoms with Crippen LogP contribution >= 0.6 is 0 Å². The molecule has 1 saturated carbocycles. The molecule has 184 valence electrons. The summed E-state index contributed by atoms with van der Waals surface area (Å²) in [5, 5.41) is 15.6. The summed E-state index contributed by atoms with van der Waals surface area (Å²) in [6.45, 7) is 1.45. The molecule has 1 aliphatic carbocycles.